The van der Waals surface area contributed by atoms with E-state index in [0.29, 0.717) is 18.7 Å². The SMILES string of the molecule is Cc1ccccc1C(=O)NCc1cn(Cc2ccccc2)nc1-c1ccccc1. The molecule has 0 aliphatic carbocycles. The summed E-state index contributed by atoms with van der Waals surface area (Å²) in [5.41, 5.74) is 5.78. The number of aryl methyl sites for hydroxylation is 1. The van der Waals surface area contributed by atoms with Gasteiger partial charge in [0.15, 0.2) is 0 Å². The molecule has 0 saturated carbocycles. The number of aromatic nitrogens is 2. The van der Waals surface area contributed by atoms with Gasteiger partial charge in [-0.05, 0) is 24.1 Å². The summed E-state index contributed by atoms with van der Waals surface area (Å²) in [4.78, 5) is 12.6. The Morgan fingerprint density at radius 2 is 1.55 bits per heavy atom. The predicted molar refractivity (Wildman–Crippen MR) is 116 cm³/mol. The average Bonchev–Trinajstić information content (AvgIpc) is 3.16. The zero-order chi connectivity index (χ0) is 20.1. The van der Waals surface area contributed by atoms with Gasteiger partial charge in [-0.15, -0.1) is 0 Å². The first-order valence-electron chi connectivity index (χ1n) is 9.70. The lowest BCUT2D eigenvalue weighted by molar-refractivity contribution is 0.0950. The number of rotatable bonds is 6. The van der Waals surface area contributed by atoms with Gasteiger partial charge in [0.05, 0.1) is 12.2 Å². The van der Waals surface area contributed by atoms with Crippen LogP contribution in [0, 0.1) is 6.92 Å². The standard InChI is InChI=1S/C25H23N3O/c1-19-10-8-9-15-23(19)25(29)26-16-22-18-28(17-20-11-4-2-5-12-20)27-24(22)21-13-6-3-7-14-21/h2-15,18H,16-17H2,1H3,(H,26,29). The van der Waals surface area contributed by atoms with Crippen LogP contribution in [0.3, 0.4) is 0 Å². The van der Waals surface area contributed by atoms with E-state index in [2.05, 4.69) is 17.4 Å². The van der Waals surface area contributed by atoms with Crippen molar-refractivity contribution < 1.29 is 4.79 Å². The summed E-state index contributed by atoms with van der Waals surface area (Å²) in [5.74, 6) is -0.0714. The number of carbonyl (C=O) groups excluding carboxylic acids is 1. The monoisotopic (exact) mass is 381 g/mol. The van der Waals surface area contributed by atoms with Gasteiger partial charge in [0, 0.05) is 29.4 Å². The summed E-state index contributed by atoms with van der Waals surface area (Å²) in [5, 5.41) is 7.86. The van der Waals surface area contributed by atoms with Crippen LogP contribution in [0.5, 0.6) is 0 Å². The second kappa shape index (κ2) is 8.57. The zero-order valence-corrected chi connectivity index (χ0v) is 16.4. The van der Waals surface area contributed by atoms with Gasteiger partial charge in [0.25, 0.3) is 5.91 Å². The number of hydrogen-bond donors (Lipinski definition) is 1. The van der Waals surface area contributed by atoms with E-state index in [1.807, 2.05) is 90.6 Å². The molecule has 0 aliphatic rings. The van der Waals surface area contributed by atoms with Crippen molar-refractivity contribution in [2.24, 2.45) is 0 Å². The molecule has 4 nitrogen and oxygen atoms in total. The molecule has 0 spiro atoms. The van der Waals surface area contributed by atoms with Crippen molar-refractivity contribution in [3.63, 3.8) is 0 Å². The Morgan fingerprint density at radius 3 is 2.28 bits per heavy atom. The second-order valence-corrected chi connectivity index (χ2v) is 7.05. The van der Waals surface area contributed by atoms with E-state index in [9.17, 15) is 4.79 Å². The van der Waals surface area contributed by atoms with Gasteiger partial charge < -0.3 is 5.32 Å². The van der Waals surface area contributed by atoms with Crippen molar-refractivity contribution >= 4 is 5.91 Å². The van der Waals surface area contributed by atoms with Crippen LogP contribution in [0.15, 0.2) is 91.1 Å². The fourth-order valence-corrected chi connectivity index (χ4v) is 3.38. The molecular weight excluding hydrogens is 358 g/mol. The van der Waals surface area contributed by atoms with Crippen LogP contribution in [-0.2, 0) is 13.1 Å². The Morgan fingerprint density at radius 1 is 0.897 bits per heavy atom. The van der Waals surface area contributed by atoms with Gasteiger partial charge >= 0.3 is 0 Å². The number of carbonyl (C=O) groups is 1. The van der Waals surface area contributed by atoms with Gasteiger partial charge in [-0.2, -0.15) is 5.10 Å². The van der Waals surface area contributed by atoms with E-state index >= 15 is 0 Å². The highest BCUT2D eigenvalue weighted by molar-refractivity contribution is 5.95. The highest BCUT2D eigenvalue weighted by Crippen LogP contribution is 2.22. The molecule has 0 atom stereocenters. The number of nitrogens with zero attached hydrogens (tertiary/aromatic N) is 2. The quantitative estimate of drug-likeness (QED) is 0.520. The maximum atomic E-state index is 12.6. The molecule has 0 aliphatic heterocycles. The maximum absolute atomic E-state index is 12.6. The van der Waals surface area contributed by atoms with E-state index < -0.39 is 0 Å². The number of benzene rings is 3. The van der Waals surface area contributed by atoms with Gasteiger partial charge in [-0.25, -0.2) is 0 Å². The normalized spacial score (nSPS) is 10.7. The van der Waals surface area contributed by atoms with Gasteiger partial charge in [0.2, 0.25) is 0 Å². The van der Waals surface area contributed by atoms with Crippen molar-refractivity contribution in [2.75, 3.05) is 0 Å². The predicted octanol–water partition coefficient (Wildman–Crippen LogP) is 4.84. The van der Waals surface area contributed by atoms with E-state index in [4.69, 9.17) is 5.10 Å². The van der Waals surface area contributed by atoms with Crippen LogP contribution in [0.25, 0.3) is 11.3 Å². The summed E-state index contributed by atoms with van der Waals surface area (Å²) in [7, 11) is 0. The van der Waals surface area contributed by atoms with Crippen LogP contribution in [-0.4, -0.2) is 15.7 Å². The highest BCUT2D eigenvalue weighted by atomic mass is 16.1. The van der Waals surface area contributed by atoms with E-state index in [1.54, 1.807) is 0 Å². The lowest BCUT2D eigenvalue weighted by atomic mass is 10.1. The molecule has 29 heavy (non-hydrogen) atoms. The molecule has 0 unspecified atom stereocenters. The molecule has 4 rings (SSSR count). The number of nitrogens with one attached hydrogen (secondary N) is 1. The fourth-order valence-electron chi connectivity index (χ4n) is 3.38. The third kappa shape index (κ3) is 4.43. The van der Waals surface area contributed by atoms with Crippen LogP contribution in [0.4, 0.5) is 0 Å². The van der Waals surface area contributed by atoms with E-state index in [1.165, 1.54) is 5.56 Å². The Bertz CT molecular complexity index is 1100. The Hall–Kier alpha value is -3.66. The molecule has 0 saturated heterocycles. The van der Waals surface area contributed by atoms with Crippen LogP contribution in [0.2, 0.25) is 0 Å². The third-order valence-electron chi connectivity index (χ3n) is 4.90. The minimum atomic E-state index is -0.0714. The van der Waals surface area contributed by atoms with Crippen molar-refractivity contribution in [3.05, 3.63) is 113 Å². The minimum absolute atomic E-state index is 0.0714. The summed E-state index contributed by atoms with van der Waals surface area (Å²) in [6, 6.07) is 27.9. The van der Waals surface area contributed by atoms with E-state index in [-0.39, 0.29) is 5.91 Å². The average molecular weight is 381 g/mol. The molecule has 1 N–H and O–H groups in total. The Kier molecular flexibility index (Phi) is 5.52. The van der Waals surface area contributed by atoms with Crippen molar-refractivity contribution in [1.29, 1.82) is 0 Å². The molecule has 3 aromatic carbocycles. The van der Waals surface area contributed by atoms with Crippen molar-refractivity contribution in [2.45, 2.75) is 20.0 Å². The van der Waals surface area contributed by atoms with Gasteiger partial charge in [0.1, 0.15) is 0 Å². The molecule has 144 valence electrons. The first kappa shape index (κ1) is 18.7. The largest absolute Gasteiger partial charge is 0.348 e. The van der Waals surface area contributed by atoms with Crippen molar-refractivity contribution in [3.8, 4) is 11.3 Å². The lowest BCUT2D eigenvalue weighted by Crippen LogP contribution is -2.23. The maximum Gasteiger partial charge on any atom is 0.251 e. The molecule has 0 bridgehead atoms. The molecule has 4 aromatic rings. The molecule has 1 amide bonds. The summed E-state index contributed by atoms with van der Waals surface area (Å²) in [6.07, 6.45) is 2.02. The second-order valence-electron chi connectivity index (χ2n) is 7.05. The molecule has 1 aromatic heterocycles. The smallest absolute Gasteiger partial charge is 0.251 e. The molecule has 1 heterocycles. The van der Waals surface area contributed by atoms with Gasteiger partial charge in [-0.1, -0.05) is 78.9 Å². The topological polar surface area (TPSA) is 46.9 Å². The molecular formula is C25H23N3O. The Labute approximate surface area is 170 Å². The first-order valence-corrected chi connectivity index (χ1v) is 9.70. The Balaban J connectivity index is 1.59. The number of hydrogen-bond acceptors (Lipinski definition) is 2. The fraction of sp³-hybridized carbons (Fsp3) is 0.120. The molecule has 4 heteroatoms. The van der Waals surface area contributed by atoms with Crippen molar-refractivity contribution in [1.82, 2.24) is 15.1 Å². The highest BCUT2D eigenvalue weighted by Gasteiger charge is 2.14. The zero-order valence-electron chi connectivity index (χ0n) is 16.4. The van der Waals surface area contributed by atoms with Gasteiger partial charge in [-0.3, -0.25) is 9.48 Å². The minimum Gasteiger partial charge on any atom is -0.348 e. The molecule has 0 radical (unpaired) electrons. The summed E-state index contributed by atoms with van der Waals surface area (Å²) in [6.45, 7) is 3.06. The summed E-state index contributed by atoms with van der Waals surface area (Å²) >= 11 is 0. The number of amides is 1. The van der Waals surface area contributed by atoms with E-state index in [0.717, 1.165) is 22.4 Å². The molecule has 0 fully saturated rings. The van der Waals surface area contributed by atoms with Crippen LogP contribution in [0.1, 0.15) is 27.0 Å². The summed E-state index contributed by atoms with van der Waals surface area (Å²) < 4.78 is 1.94. The first-order chi connectivity index (χ1) is 14.2. The van der Waals surface area contributed by atoms with Crippen LogP contribution < -0.4 is 5.32 Å². The van der Waals surface area contributed by atoms with Crippen LogP contribution >= 0.6 is 0 Å². The lowest BCUT2D eigenvalue weighted by Gasteiger charge is -2.07. The third-order valence-corrected chi connectivity index (χ3v) is 4.90.